The predicted molar refractivity (Wildman–Crippen MR) is 52.8 cm³/mol. The third kappa shape index (κ3) is 2.38. The van der Waals surface area contributed by atoms with E-state index < -0.39 is 5.82 Å². The summed E-state index contributed by atoms with van der Waals surface area (Å²) in [6, 6.07) is 1.38. The molecule has 0 aliphatic carbocycles. The second-order valence-corrected chi connectivity index (χ2v) is 3.00. The van der Waals surface area contributed by atoms with Gasteiger partial charge in [0, 0.05) is 12.4 Å². The Labute approximate surface area is 90.1 Å². The number of carbonyl (C=O) groups excluding carboxylic acids is 1. The number of hydrogen-bond acceptors (Lipinski definition) is 4. The molecule has 6 nitrogen and oxygen atoms in total. The van der Waals surface area contributed by atoms with E-state index in [-0.39, 0.29) is 18.1 Å². The van der Waals surface area contributed by atoms with E-state index in [1.54, 1.807) is 6.20 Å². The van der Waals surface area contributed by atoms with Crippen LogP contribution in [0.1, 0.15) is 0 Å². The minimum atomic E-state index is -0.575. The number of anilines is 1. The predicted octanol–water partition coefficient (Wildman–Crippen LogP) is 0.451. The maximum atomic E-state index is 13.1. The Morgan fingerprint density at radius 2 is 2.38 bits per heavy atom. The Morgan fingerprint density at radius 3 is 3.06 bits per heavy atom. The second-order valence-electron chi connectivity index (χ2n) is 3.00. The first-order chi connectivity index (χ1) is 7.75. The van der Waals surface area contributed by atoms with Gasteiger partial charge in [-0.25, -0.2) is 9.07 Å². The van der Waals surface area contributed by atoms with Crippen LogP contribution in [0.25, 0.3) is 0 Å². The van der Waals surface area contributed by atoms with Crippen molar-refractivity contribution in [2.24, 2.45) is 0 Å². The van der Waals surface area contributed by atoms with Gasteiger partial charge >= 0.3 is 0 Å². The van der Waals surface area contributed by atoms with E-state index >= 15 is 0 Å². The third-order valence-corrected chi connectivity index (χ3v) is 1.82. The standard InChI is InChI=1S/C9H8FN5O/c10-7-5-11-2-1-8(7)13-9(16)6-15-4-3-12-14-15/h1-5H,6H2,(H,11,13,16). The summed E-state index contributed by atoms with van der Waals surface area (Å²) in [5.74, 6) is -0.954. The molecule has 0 saturated heterocycles. The molecule has 2 aromatic heterocycles. The molecular weight excluding hydrogens is 213 g/mol. The Hall–Kier alpha value is -2.31. The molecule has 0 atom stereocenters. The van der Waals surface area contributed by atoms with Gasteiger partial charge in [-0.2, -0.15) is 0 Å². The van der Waals surface area contributed by atoms with Gasteiger partial charge in [0.2, 0.25) is 5.91 Å². The molecule has 2 rings (SSSR count). The molecule has 0 aliphatic heterocycles. The lowest BCUT2D eigenvalue weighted by Gasteiger charge is -2.05. The van der Waals surface area contributed by atoms with E-state index in [1.807, 2.05) is 0 Å². The fourth-order valence-electron chi connectivity index (χ4n) is 1.13. The summed E-state index contributed by atoms with van der Waals surface area (Å²) >= 11 is 0. The van der Waals surface area contributed by atoms with E-state index in [0.717, 1.165) is 6.20 Å². The van der Waals surface area contributed by atoms with E-state index in [9.17, 15) is 9.18 Å². The van der Waals surface area contributed by atoms with Crippen LogP contribution in [0.5, 0.6) is 0 Å². The molecule has 0 aliphatic rings. The van der Waals surface area contributed by atoms with Crippen LogP contribution in [-0.4, -0.2) is 25.9 Å². The van der Waals surface area contributed by atoms with Crippen molar-refractivity contribution in [3.05, 3.63) is 36.7 Å². The van der Waals surface area contributed by atoms with Crippen LogP contribution < -0.4 is 5.32 Å². The van der Waals surface area contributed by atoms with Gasteiger partial charge in [-0.15, -0.1) is 5.10 Å². The van der Waals surface area contributed by atoms with Crippen LogP contribution in [-0.2, 0) is 11.3 Å². The topological polar surface area (TPSA) is 72.7 Å². The summed E-state index contributed by atoms with van der Waals surface area (Å²) in [6.45, 7) is -0.0121. The smallest absolute Gasteiger partial charge is 0.246 e. The lowest BCUT2D eigenvalue weighted by Crippen LogP contribution is -2.19. The fraction of sp³-hybridized carbons (Fsp3) is 0.111. The number of amides is 1. The lowest BCUT2D eigenvalue weighted by atomic mass is 10.4. The molecule has 0 saturated carbocycles. The zero-order valence-electron chi connectivity index (χ0n) is 8.17. The highest BCUT2D eigenvalue weighted by molar-refractivity contribution is 5.90. The van der Waals surface area contributed by atoms with Crippen LogP contribution in [0.4, 0.5) is 10.1 Å². The molecule has 16 heavy (non-hydrogen) atoms. The number of nitrogens with zero attached hydrogens (tertiary/aromatic N) is 4. The molecule has 0 aromatic carbocycles. The van der Waals surface area contributed by atoms with Gasteiger partial charge in [0.25, 0.3) is 0 Å². The average Bonchev–Trinajstić information content (AvgIpc) is 2.74. The minimum Gasteiger partial charge on any atom is -0.322 e. The molecule has 1 amide bonds. The number of aromatic nitrogens is 4. The van der Waals surface area contributed by atoms with Crippen LogP contribution in [0.3, 0.4) is 0 Å². The van der Waals surface area contributed by atoms with Crippen molar-refractivity contribution in [1.29, 1.82) is 0 Å². The maximum absolute atomic E-state index is 13.1. The van der Waals surface area contributed by atoms with Gasteiger partial charge in [0.05, 0.1) is 18.1 Å². The lowest BCUT2D eigenvalue weighted by molar-refractivity contribution is -0.116. The van der Waals surface area contributed by atoms with E-state index in [2.05, 4.69) is 20.6 Å². The Kier molecular flexibility index (Phi) is 2.86. The highest BCUT2D eigenvalue weighted by atomic mass is 19.1. The second kappa shape index (κ2) is 4.47. The Balaban J connectivity index is 2.00. The first-order valence-corrected chi connectivity index (χ1v) is 4.49. The molecule has 0 unspecified atom stereocenters. The SMILES string of the molecule is O=C(Cn1ccnn1)Nc1ccncc1F. The quantitative estimate of drug-likeness (QED) is 0.816. The zero-order chi connectivity index (χ0) is 11.4. The first-order valence-electron chi connectivity index (χ1n) is 4.49. The van der Waals surface area contributed by atoms with Gasteiger partial charge < -0.3 is 5.32 Å². The number of rotatable bonds is 3. The molecule has 0 spiro atoms. The largest absolute Gasteiger partial charge is 0.322 e. The molecule has 82 valence electrons. The summed E-state index contributed by atoms with van der Waals surface area (Å²) in [5, 5.41) is 9.57. The normalized spacial score (nSPS) is 10.1. The molecule has 2 heterocycles. The van der Waals surface area contributed by atoms with Crippen LogP contribution >= 0.6 is 0 Å². The Morgan fingerprint density at radius 1 is 1.50 bits per heavy atom. The first kappa shape index (κ1) is 10.2. The van der Waals surface area contributed by atoms with Gasteiger partial charge in [-0.3, -0.25) is 9.78 Å². The minimum absolute atomic E-state index is 0.0121. The molecule has 7 heteroatoms. The number of nitrogens with one attached hydrogen (secondary N) is 1. The van der Waals surface area contributed by atoms with Crippen molar-refractivity contribution in [2.45, 2.75) is 6.54 Å². The summed E-state index contributed by atoms with van der Waals surface area (Å²) in [6.07, 6.45) is 5.43. The van der Waals surface area contributed by atoms with Crippen molar-refractivity contribution >= 4 is 11.6 Å². The monoisotopic (exact) mass is 221 g/mol. The highest BCUT2D eigenvalue weighted by Gasteiger charge is 2.07. The van der Waals surface area contributed by atoms with Crippen molar-refractivity contribution in [3.8, 4) is 0 Å². The van der Waals surface area contributed by atoms with Crippen molar-refractivity contribution in [3.63, 3.8) is 0 Å². The van der Waals surface area contributed by atoms with Crippen LogP contribution in [0, 0.1) is 5.82 Å². The zero-order valence-corrected chi connectivity index (χ0v) is 8.17. The van der Waals surface area contributed by atoms with Crippen molar-refractivity contribution < 1.29 is 9.18 Å². The summed E-state index contributed by atoms with van der Waals surface area (Å²) in [5.41, 5.74) is 0.0973. The molecule has 0 radical (unpaired) electrons. The third-order valence-electron chi connectivity index (χ3n) is 1.82. The van der Waals surface area contributed by atoms with E-state index in [0.29, 0.717) is 0 Å². The van der Waals surface area contributed by atoms with E-state index in [4.69, 9.17) is 0 Å². The Bertz CT molecular complexity index is 484. The number of halogens is 1. The van der Waals surface area contributed by atoms with Gasteiger partial charge in [0.1, 0.15) is 6.54 Å². The van der Waals surface area contributed by atoms with E-state index in [1.165, 1.54) is 23.1 Å². The number of carbonyl (C=O) groups is 1. The molecular formula is C9H8FN5O. The molecule has 2 aromatic rings. The van der Waals surface area contributed by atoms with Crippen molar-refractivity contribution in [1.82, 2.24) is 20.0 Å². The van der Waals surface area contributed by atoms with Gasteiger partial charge in [-0.1, -0.05) is 5.21 Å². The summed E-state index contributed by atoms with van der Waals surface area (Å²) < 4.78 is 14.5. The highest BCUT2D eigenvalue weighted by Crippen LogP contribution is 2.10. The fourth-order valence-corrected chi connectivity index (χ4v) is 1.13. The average molecular weight is 221 g/mol. The summed E-state index contributed by atoms with van der Waals surface area (Å²) in [7, 11) is 0. The molecule has 0 bridgehead atoms. The summed E-state index contributed by atoms with van der Waals surface area (Å²) in [4.78, 5) is 15.0. The number of hydrogen-bond donors (Lipinski definition) is 1. The maximum Gasteiger partial charge on any atom is 0.246 e. The van der Waals surface area contributed by atoms with Crippen molar-refractivity contribution in [2.75, 3.05) is 5.32 Å². The number of pyridine rings is 1. The molecule has 0 fully saturated rings. The van der Waals surface area contributed by atoms with Gasteiger partial charge in [0.15, 0.2) is 5.82 Å². The van der Waals surface area contributed by atoms with Crippen LogP contribution in [0.15, 0.2) is 30.9 Å². The molecule has 1 N–H and O–H groups in total. The van der Waals surface area contributed by atoms with Crippen LogP contribution in [0.2, 0.25) is 0 Å². The van der Waals surface area contributed by atoms with Gasteiger partial charge in [-0.05, 0) is 6.07 Å².